The number of halogens is 1. The van der Waals surface area contributed by atoms with E-state index in [1.165, 1.54) is 12.7 Å². The molecule has 0 unspecified atom stereocenters. The van der Waals surface area contributed by atoms with Crippen molar-refractivity contribution < 1.29 is 9.53 Å². The quantitative estimate of drug-likeness (QED) is 0.818. The molecular weight excluding hydrogens is 226 g/mol. The zero-order valence-electron chi connectivity index (χ0n) is 9.23. The van der Waals surface area contributed by atoms with Gasteiger partial charge in [0.15, 0.2) is 0 Å². The fraction of sp³-hybridized carbons (Fsp3) is 0.417. The number of methoxy groups -OCH3 is 1. The average molecular weight is 242 g/mol. The van der Waals surface area contributed by atoms with E-state index in [0.717, 1.165) is 25.4 Å². The van der Waals surface area contributed by atoms with E-state index >= 15 is 0 Å². The second kappa shape index (κ2) is 5.87. The number of rotatable bonds is 3. The lowest BCUT2D eigenvalue weighted by Gasteiger charge is -2.27. The lowest BCUT2D eigenvalue weighted by atomic mass is 9.94. The van der Waals surface area contributed by atoms with Crippen LogP contribution in [0.15, 0.2) is 24.3 Å². The van der Waals surface area contributed by atoms with Crippen LogP contribution in [0.3, 0.4) is 0 Å². The highest BCUT2D eigenvalue weighted by Crippen LogP contribution is 2.14. The summed E-state index contributed by atoms with van der Waals surface area (Å²) in [6.07, 6.45) is 1.04. The van der Waals surface area contributed by atoms with Gasteiger partial charge in [0.25, 0.3) is 0 Å². The zero-order valence-corrected chi connectivity index (χ0v) is 10.0. The number of esters is 1. The summed E-state index contributed by atoms with van der Waals surface area (Å²) in [5.74, 6) is 0.460. The van der Waals surface area contributed by atoms with Crippen LogP contribution in [0.1, 0.15) is 15.9 Å². The van der Waals surface area contributed by atoms with E-state index in [4.69, 9.17) is 0 Å². The maximum atomic E-state index is 11.3. The van der Waals surface area contributed by atoms with Crippen molar-refractivity contribution in [1.82, 2.24) is 5.32 Å². The summed E-state index contributed by atoms with van der Waals surface area (Å²) in [4.78, 5) is 11.3. The lowest BCUT2D eigenvalue weighted by Crippen LogP contribution is -2.43. The van der Waals surface area contributed by atoms with Crippen LogP contribution in [-0.2, 0) is 11.2 Å². The van der Waals surface area contributed by atoms with Gasteiger partial charge in [0.1, 0.15) is 0 Å². The molecule has 0 radical (unpaired) electrons. The minimum absolute atomic E-state index is 0. The highest BCUT2D eigenvalue weighted by Gasteiger charge is 2.17. The highest BCUT2D eigenvalue weighted by molar-refractivity contribution is 5.89. The summed E-state index contributed by atoms with van der Waals surface area (Å²) in [7, 11) is 1.41. The fourth-order valence-electron chi connectivity index (χ4n) is 1.77. The number of hydrogen-bond acceptors (Lipinski definition) is 3. The third-order valence-corrected chi connectivity index (χ3v) is 2.74. The SMILES string of the molecule is COC(=O)c1cccc(CC2CNC2)c1.Cl. The molecule has 0 bridgehead atoms. The van der Waals surface area contributed by atoms with Gasteiger partial charge in [0.05, 0.1) is 12.7 Å². The summed E-state index contributed by atoms with van der Waals surface area (Å²) < 4.78 is 4.69. The molecule has 1 fully saturated rings. The molecule has 1 aromatic rings. The average Bonchev–Trinajstić information content (AvgIpc) is 2.23. The molecular formula is C12H16ClNO2. The van der Waals surface area contributed by atoms with Crippen molar-refractivity contribution in [3.8, 4) is 0 Å². The fourth-order valence-corrected chi connectivity index (χ4v) is 1.77. The monoisotopic (exact) mass is 241 g/mol. The van der Waals surface area contributed by atoms with E-state index in [0.29, 0.717) is 5.56 Å². The van der Waals surface area contributed by atoms with Crippen LogP contribution in [0.5, 0.6) is 0 Å². The Balaban J connectivity index is 0.00000128. The molecule has 1 aromatic carbocycles. The predicted octanol–water partition coefficient (Wildman–Crippen LogP) is 1.66. The molecule has 1 aliphatic heterocycles. The number of hydrogen-bond donors (Lipinski definition) is 1. The van der Waals surface area contributed by atoms with Crippen LogP contribution in [0.25, 0.3) is 0 Å². The minimum atomic E-state index is -0.261. The summed E-state index contributed by atoms with van der Waals surface area (Å²) >= 11 is 0. The maximum Gasteiger partial charge on any atom is 0.337 e. The molecule has 0 spiro atoms. The Labute approximate surface area is 102 Å². The van der Waals surface area contributed by atoms with E-state index in [9.17, 15) is 4.79 Å². The first-order valence-electron chi connectivity index (χ1n) is 5.17. The molecule has 0 aliphatic carbocycles. The van der Waals surface area contributed by atoms with Gasteiger partial charge in [-0.3, -0.25) is 0 Å². The standard InChI is InChI=1S/C12H15NO2.ClH/c1-15-12(14)11-4-2-3-9(6-11)5-10-7-13-8-10;/h2-4,6,10,13H,5,7-8H2,1H3;1H. The molecule has 2 rings (SSSR count). The Hall–Kier alpha value is -1.06. The van der Waals surface area contributed by atoms with Gasteiger partial charge in [-0.1, -0.05) is 12.1 Å². The molecule has 3 nitrogen and oxygen atoms in total. The molecule has 4 heteroatoms. The van der Waals surface area contributed by atoms with Crippen molar-refractivity contribution in [2.45, 2.75) is 6.42 Å². The Morgan fingerprint density at radius 2 is 2.25 bits per heavy atom. The molecule has 1 aliphatic rings. The van der Waals surface area contributed by atoms with E-state index in [2.05, 4.69) is 16.1 Å². The van der Waals surface area contributed by atoms with Crippen LogP contribution in [0, 0.1) is 5.92 Å². The number of carbonyl (C=O) groups is 1. The molecule has 1 N–H and O–H groups in total. The van der Waals surface area contributed by atoms with Gasteiger partial charge in [0, 0.05) is 0 Å². The first kappa shape index (κ1) is 13.0. The summed E-state index contributed by atoms with van der Waals surface area (Å²) in [6.45, 7) is 2.17. The third-order valence-electron chi connectivity index (χ3n) is 2.74. The van der Waals surface area contributed by atoms with E-state index < -0.39 is 0 Å². The Morgan fingerprint density at radius 3 is 2.81 bits per heavy atom. The predicted molar refractivity (Wildman–Crippen MR) is 65.1 cm³/mol. The Bertz CT molecular complexity index is 364. The van der Waals surface area contributed by atoms with Crippen molar-refractivity contribution >= 4 is 18.4 Å². The van der Waals surface area contributed by atoms with Crippen LogP contribution in [0.2, 0.25) is 0 Å². The lowest BCUT2D eigenvalue weighted by molar-refractivity contribution is 0.0600. The zero-order chi connectivity index (χ0) is 10.7. The number of carbonyl (C=O) groups excluding carboxylic acids is 1. The van der Waals surface area contributed by atoms with Gasteiger partial charge in [-0.05, 0) is 43.1 Å². The molecule has 0 saturated carbocycles. The molecule has 0 amide bonds. The van der Waals surface area contributed by atoms with Crippen molar-refractivity contribution in [2.24, 2.45) is 5.92 Å². The van der Waals surface area contributed by atoms with Gasteiger partial charge >= 0.3 is 5.97 Å². The van der Waals surface area contributed by atoms with E-state index in [1.54, 1.807) is 6.07 Å². The first-order chi connectivity index (χ1) is 7.29. The molecule has 1 saturated heterocycles. The highest BCUT2D eigenvalue weighted by atomic mass is 35.5. The topological polar surface area (TPSA) is 38.3 Å². The van der Waals surface area contributed by atoms with Gasteiger partial charge in [-0.15, -0.1) is 12.4 Å². The van der Waals surface area contributed by atoms with Crippen LogP contribution in [0.4, 0.5) is 0 Å². The van der Waals surface area contributed by atoms with Gasteiger partial charge in [0.2, 0.25) is 0 Å². The number of nitrogens with one attached hydrogen (secondary N) is 1. The number of ether oxygens (including phenoxy) is 1. The Morgan fingerprint density at radius 1 is 1.50 bits per heavy atom. The van der Waals surface area contributed by atoms with Crippen LogP contribution >= 0.6 is 12.4 Å². The van der Waals surface area contributed by atoms with Crippen molar-refractivity contribution in [3.05, 3.63) is 35.4 Å². The Kier molecular flexibility index (Phi) is 4.77. The maximum absolute atomic E-state index is 11.3. The van der Waals surface area contributed by atoms with Crippen LogP contribution < -0.4 is 5.32 Å². The van der Waals surface area contributed by atoms with Crippen molar-refractivity contribution in [2.75, 3.05) is 20.2 Å². The first-order valence-corrected chi connectivity index (χ1v) is 5.17. The van der Waals surface area contributed by atoms with Gasteiger partial charge in [-0.2, -0.15) is 0 Å². The van der Waals surface area contributed by atoms with Crippen LogP contribution in [-0.4, -0.2) is 26.2 Å². The molecule has 88 valence electrons. The number of benzene rings is 1. The second-order valence-electron chi connectivity index (χ2n) is 3.92. The van der Waals surface area contributed by atoms with Crippen molar-refractivity contribution in [3.63, 3.8) is 0 Å². The molecule has 16 heavy (non-hydrogen) atoms. The molecule has 1 heterocycles. The largest absolute Gasteiger partial charge is 0.465 e. The normalized spacial score (nSPS) is 14.8. The summed E-state index contributed by atoms with van der Waals surface area (Å²) in [5.41, 5.74) is 1.85. The summed E-state index contributed by atoms with van der Waals surface area (Å²) in [6, 6.07) is 7.68. The smallest absolute Gasteiger partial charge is 0.337 e. The van der Waals surface area contributed by atoms with E-state index in [-0.39, 0.29) is 18.4 Å². The second-order valence-corrected chi connectivity index (χ2v) is 3.92. The van der Waals surface area contributed by atoms with Crippen molar-refractivity contribution in [1.29, 1.82) is 0 Å². The molecule has 0 atom stereocenters. The summed E-state index contributed by atoms with van der Waals surface area (Å²) in [5, 5.41) is 3.24. The molecule has 0 aromatic heterocycles. The minimum Gasteiger partial charge on any atom is -0.465 e. The van der Waals surface area contributed by atoms with E-state index in [1.807, 2.05) is 12.1 Å². The van der Waals surface area contributed by atoms with Gasteiger partial charge < -0.3 is 10.1 Å². The van der Waals surface area contributed by atoms with Gasteiger partial charge in [-0.25, -0.2) is 4.79 Å². The third kappa shape index (κ3) is 2.97.